The number of piperidine rings is 1. The van der Waals surface area contributed by atoms with Crippen molar-refractivity contribution in [3.05, 3.63) is 36.5 Å². The van der Waals surface area contributed by atoms with E-state index in [-0.39, 0.29) is 0 Å². The molecule has 2 aromatic rings. The summed E-state index contributed by atoms with van der Waals surface area (Å²) in [5.74, 6) is 0.761. The maximum absolute atomic E-state index is 4.48. The molecule has 1 aliphatic rings. The Morgan fingerprint density at radius 3 is 3.10 bits per heavy atom. The van der Waals surface area contributed by atoms with Crippen LogP contribution in [0.15, 0.2) is 36.5 Å². The van der Waals surface area contributed by atoms with Gasteiger partial charge in [-0.1, -0.05) is 25.1 Å². The summed E-state index contributed by atoms with van der Waals surface area (Å²) < 4.78 is 0. The van der Waals surface area contributed by atoms with Gasteiger partial charge in [-0.05, 0) is 50.4 Å². The molecular formula is C18H25N3. The molecule has 1 saturated heterocycles. The first-order chi connectivity index (χ1) is 10.4. The standard InChI is InChI=1S/C18H25N3/c1-2-10-19-13-15-6-5-12-21(14-15)18-9-11-20-17-8-4-3-7-16(17)18/h3-4,7-9,11,15,19H,2,5-6,10,12-14H2,1H3. The van der Waals surface area contributed by atoms with Crippen molar-refractivity contribution in [1.82, 2.24) is 10.3 Å². The average molecular weight is 283 g/mol. The van der Waals surface area contributed by atoms with Crippen LogP contribution in [0.25, 0.3) is 10.9 Å². The van der Waals surface area contributed by atoms with Crippen molar-refractivity contribution in [2.24, 2.45) is 5.92 Å². The van der Waals surface area contributed by atoms with E-state index < -0.39 is 0 Å². The number of rotatable bonds is 5. The summed E-state index contributed by atoms with van der Waals surface area (Å²) in [6, 6.07) is 10.6. The Hall–Kier alpha value is -1.61. The molecular weight excluding hydrogens is 258 g/mol. The van der Waals surface area contributed by atoms with E-state index in [0.29, 0.717) is 0 Å². The number of anilines is 1. The SMILES string of the molecule is CCCNCC1CCCN(c2ccnc3ccccc23)C1. The van der Waals surface area contributed by atoms with Crippen LogP contribution in [-0.2, 0) is 0 Å². The summed E-state index contributed by atoms with van der Waals surface area (Å²) in [7, 11) is 0. The minimum atomic E-state index is 0.761. The normalized spacial score (nSPS) is 19.1. The smallest absolute Gasteiger partial charge is 0.0722 e. The van der Waals surface area contributed by atoms with Crippen LogP contribution in [0, 0.1) is 5.92 Å². The zero-order valence-electron chi connectivity index (χ0n) is 12.9. The van der Waals surface area contributed by atoms with Crippen LogP contribution in [0.3, 0.4) is 0 Å². The molecule has 112 valence electrons. The molecule has 1 aromatic carbocycles. The van der Waals surface area contributed by atoms with E-state index in [0.717, 1.165) is 37.6 Å². The number of nitrogens with zero attached hydrogens (tertiary/aromatic N) is 2. The van der Waals surface area contributed by atoms with E-state index in [9.17, 15) is 0 Å². The highest BCUT2D eigenvalue weighted by Gasteiger charge is 2.21. The zero-order valence-corrected chi connectivity index (χ0v) is 12.9. The van der Waals surface area contributed by atoms with Crippen molar-refractivity contribution >= 4 is 16.6 Å². The molecule has 1 N–H and O–H groups in total. The quantitative estimate of drug-likeness (QED) is 0.852. The molecule has 3 rings (SSSR count). The van der Waals surface area contributed by atoms with Crippen LogP contribution in [0.4, 0.5) is 5.69 Å². The van der Waals surface area contributed by atoms with E-state index in [1.165, 1.54) is 30.3 Å². The van der Waals surface area contributed by atoms with Crippen LogP contribution < -0.4 is 10.2 Å². The lowest BCUT2D eigenvalue weighted by Crippen LogP contribution is -2.39. The first-order valence-electron chi connectivity index (χ1n) is 8.18. The van der Waals surface area contributed by atoms with E-state index in [2.05, 4.69) is 52.5 Å². The molecule has 1 atom stereocenters. The molecule has 0 aliphatic carbocycles. The Balaban J connectivity index is 1.75. The maximum atomic E-state index is 4.48. The lowest BCUT2D eigenvalue weighted by atomic mass is 9.97. The third-order valence-corrected chi connectivity index (χ3v) is 4.35. The first-order valence-corrected chi connectivity index (χ1v) is 8.18. The summed E-state index contributed by atoms with van der Waals surface area (Å²) in [5, 5.41) is 4.85. The monoisotopic (exact) mass is 283 g/mol. The Bertz CT molecular complexity index is 576. The van der Waals surface area contributed by atoms with Gasteiger partial charge in [0.25, 0.3) is 0 Å². The Labute approximate surface area is 127 Å². The topological polar surface area (TPSA) is 28.2 Å². The molecule has 1 unspecified atom stereocenters. The third-order valence-electron chi connectivity index (χ3n) is 4.35. The number of pyridine rings is 1. The largest absolute Gasteiger partial charge is 0.371 e. The van der Waals surface area contributed by atoms with Crippen molar-refractivity contribution in [2.75, 3.05) is 31.1 Å². The number of hydrogen-bond acceptors (Lipinski definition) is 3. The Morgan fingerprint density at radius 2 is 2.19 bits per heavy atom. The van der Waals surface area contributed by atoms with Gasteiger partial charge >= 0.3 is 0 Å². The molecule has 0 radical (unpaired) electrons. The summed E-state index contributed by atoms with van der Waals surface area (Å²) in [4.78, 5) is 7.02. The number of aromatic nitrogens is 1. The zero-order chi connectivity index (χ0) is 14.5. The van der Waals surface area contributed by atoms with Crippen molar-refractivity contribution in [3.8, 4) is 0 Å². The number of hydrogen-bond donors (Lipinski definition) is 1. The third kappa shape index (κ3) is 3.35. The van der Waals surface area contributed by atoms with E-state index in [1.807, 2.05) is 6.20 Å². The Kier molecular flexibility index (Phi) is 4.71. The number of benzene rings is 1. The van der Waals surface area contributed by atoms with E-state index in [4.69, 9.17) is 0 Å². The first kappa shape index (κ1) is 14.3. The van der Waals surface area contributed by atoms with Gasteiger partial charge in [0.15, 0.2) is 0 Å². The highest BCUT2D eigenvalue weighted by molar-refractivity contribution is 5.91. The summed E-state index contributed by atoms with van der Waals surface area (Å²) in [6.07, 6.45) is 5.79. The number of nitrogens with one attached hydrogen (secondary N) is 1. The van der Waals surface area contributed by atoms with Crippen LogP contribution in [0.1, 0.15) is 26.2 Å². The minimum Gasteiger partial charge on any atom is -0.371 e. The van der Waals surface area contributed by atoms with Crippen molar-refractivity contribution < 1.29 is 0 Å². The van der Waals surface area contributed by atoms with Gasteiger partial charge in [0.1, 0.15) is 0 Å². The highest BCUT2D eigenvalue weighted by atomic mass is 15.1. The molecule has 0 amide bonds. The lowest BCUT2D eigenvalue weighted by Gasteiger charge is -2.35. The Morgan fingerprint density at radius 1 is 1.29 bits per heavy atom. The summed E-state index contributed by atoms with van der Waals surface area (Å²) >= 11 is 0. The predicted molar refractivity (Wildman–Crippen MR) is 89.8 cm³/mol. The van der Waals surface area contributed by atoms with Gasteiger partial charge in [-0.15, -0.1) is 0 Å². The molecule has 3 heteroatoms. The second-order valence-electron chi connectivity index (χ2n) is 6.01. The number of fused-ring (bicyclic) bond motifs is 1. The van der Waals surface area contributed by atoms with Gasteiger partial charge in [0.2, 0.25) is 0 Å². The molecule has 0 saturated carbocycles. The van der Waals surface area contributed by atoms with Crippen LogP contribution in [-0.4, -0.2) is 31.2 Å². The summed E-state index contributed by atoms with van der Waals surface area (Å²) in [5.41, 5.74) is 2.45. The van der Waals surface area contributed by atoms with Crippen molar-refractivity contribution in [3.63, 3.8) is 0 Å². The summed E-state index contributed by atoms with van der Waals surface area (Å²) in [6.45, 7) is 6.83. The van der Waals surface area contributed by atoms with Crippen LogP contribution >= 0.6 is 0 Å². The number of para-hydroxylation sites is 1. The van der Waals surface area contributed by atoms with Crippen LogP contribution in [0.5, 0.6) is 0 Å². The van der Waals surface area contributed by atoms with E-state index >= 15 is 0 Å². The maximum Gasteiger partial charge on any atom is 0.0722 e. The van der Waals surface area contributed by atoms with Crippen molar-refractivity contribution in [1.29, 1.82) is 0 Å². The van der Waals surface area contributed by atoms with Crippen LogP contribution in [0.2, 0.25) is 0 Å². The molecule has 0 bridgehead atoms. The van der Waals surface area contributed by atoms with Gasteiger partial charge in [-0.3, -0.25) is 4.98 Å². The molecule has 2 heterocycles. The predicted octanol–water partition coefficient (Wildman–Crippen LogP) is 3.45. The molecule has 0 spiro atoms. The second-order valence-corrected chi connectivity index (χ2v) is 6.01. The second kappa shape index (κ2) is 6.90. The van der Waals surface area contributed by atoms with E-state index in [1.54, 1.807) is 0 Å². The fraction of sp³-hybridized carbons (Fsp3) is 0.500. The lowest BCUT2D eigenvalue weighted by molar-refractivity contribution is 0.393. The highest BCUT2D eigenvalue weighted by Crippen LogP contribution is 2.28. The fourth-order valence-corrected chi connectivity index (χ4v) is 3.29. The average Bonchev–Trinajstić information content (AvgIpc) is 2.55. The molecule has 21 heavy (non-hydrogen) atoms. The van der Waals surface area contributed by atoms with Gasteiger partial charge in [0, 0.05) is 30.4 Å². The molecule has 3 nitrogen and oxygen atoms in total. The molecule has 1 aliphatic heterocycles. The van der Waals surface area contributed by atoms with Gasteiger partial charge in [-0.25, -0.2) is 0 Å². The van der Waals surface area contributed by atoms with Gasteiger partial charge in [-0.2, -0.15) is 0 Å². The minimum absolute atomic E-state index is 0.761. The fourth-order valence-electron chi connectivity index (χ4n) is 3.29. The van der Waals surface area contributed by atoms with Crippen molar-refractivity contribution in [2.45, 2.75) is 26.2 Å². The molecule has 1 aromatic heterocycles. The molecule has 1 fully saturated rings. The van der Waals surface area contributed by atoms with Gasteiger partial charge < -0.3 is 10.2 Å². The van der Waals surface area contributed by atoms with Gasteiger partial charge in [0.05, 0.1) is 5.52 Å².